The number of carbonyl (C=O) groups is 2. The molecule has 3 aliphatic rings. The van der Waals surface area contributed by atoms with Crippen molar-refractivity contribution in [2.75, 3.05) is 17.2 Å². The van der Waals surface area contributed by atoms with E-state index in [1.54, 1.807) is 6.07 Å². The molecule has 0 radical (unpaired) electrons. The first-order valence-electron chi connectivity index (χ1n) is 12.1. The fraction of sp³-hybridized carbons (Fsp3) is 0.600. The molecule has 0 spiro atoms. The Morgan fingerprint density at radius 2 is 1.55 bits per heavy atom. The number of aliphatic hydroxyl groups is 2. The first kappa shape index (κ1) is 23.4. The molecule has 4 rings (SSSR count). The molecule has 33 heavy (non-hydrogen) atoms. The molecule has 0 bridgehead atoms. The van der Waals surface area contributed by atoms with Gasteiger partial charge in [0.1, 0.15) is 17.3 Å². The van der Waals surface area contributed by atoms with Crippen molar-refractivity contribution in [2.24, 2.45) is 5.41 Å². The van der Waals surface area contributed by atoms with Crippen LogP contribution in [0.5, 0.6) is 0 Å². The number of anilines is 2. The van der Waals surface area contributed by atoms with E-state index < -0.39 is 22.9 Å². The number of nitrogens with one attached hydrogen (secondary N) is 3. The maximum atomic E-state index is 15.0. The maximum Gasteiger partial charge on any atom is 0.253 e. The minimum absolute atomic E-state index is 0.0399. The predicted molar refractivity (Wildman–Crippen MR) is 125 cm³/mol. The summed E-state index contributed by atoms with van der Waals surface area (Å²) in [5.41, 5.74) is -0.0893. The van der Waals surface area contributed by atoms with Crippen LogP contribution in [0.2, 0.25) is 0 Å². The molecule has 0 saturated heterocycles. The molecule has 1 unspecified atom stereocenters. The molecule has 1 atom stereocenters. The van der Waals surface area contributed by atoms with Gasteiger partial charge in [-0.25, -0.2) is 4.39 Å². The van der Waals surface area contributed by atoms with E-state index in [4.69, 9.17) is 0 Å². The molecule has 3 aliphatic carbocycles. The largest absolute Gasteiger partial charge is 0.509 e. The van der Waals surface area contributed by atoms with E-state index >= 15 is 4.39 Å². The molecule has 8 heteroatoms. The fourth-order valence-electron chi connectivity index (χ4n) is 5.14. The molecule has 1 aromatic rings. The molecule has 180 valence electrons. The lowest BCUT2D eigenvalue weighted by atomic mass is 9.71. The van der Waals surface area contributed by atoms with Crippen LogP contribution in [0.3, 0.4) is 0 Å². The quantitative estimate of drug-likeness (QED) is 0.376. The second-order valence-corrected chi connectivity index (χ2v) is 9.89. The summed E-state index contributed by atoms with van der Waals surface area (Å²) in [6.45, 7) is 1.20. The normalized spacial score (nSPS) is 23.8. The van der Waals surface area contributed by atoms with Crippen molar-refractivity contribution >= 4 is 23.1 Å². The van der Waals surface area contributed by atoms with Gasteiger partial charge in [-0.3, -0.25) is 9.59 Å². The highest BCUT2D eigenvalue weighted by atomic mass is 19.1. The molecular formula is C25H34FN3O4. The van der Waals surface area contributed by atoms with Crippen LogP contribution in [0.25, 0.3) is 0 Å². The third kappa shape index (κ3) is 4.94. The number of rotatable bonds is 8. The summed E-state index contributed by atoms with van der Waals surface area (Å²) < 4.78 is 15.0. The highest BCUT2D eigenvalue weighted by Gasteiger charge is 2.48. The lowest BCUT2D eigenvalue weighted by Crippen LogP contribution is -2.44. The standard InChI is InChI=1S/C25H34FN3O4/c1-25(13-21(30)23(25)32)22(31)14-27-24(33)17-11-18(26)20(29-16-7-3-2-4-8-16)12-19(17)28-15-9-5-6-10-15/h11-12,15-16,28-30,32H,2-10,13-14H2,1H3,(H,27,33). The van der Waals surface area contributed by atoms with Crippen LogP contribution in [0.1, 0.15) is 81.5 Å². The summed E-state index contributed by atoms with van der Waals surface area (Å²) in [6, 6.07) is 3.37. The second kappa shape index (κ2) is 9.61. The summed E-state index contributed by atoms with van der Waals surface area (Å²) in [5.74, 6) is -2.02. The van der Waals surface area contributed by atoms with E-state index in [0.717, 1.165) is 51.4 Å². The Kier molecular flexibility index (Phi) is 6.81. The number of carbonyl (C=O) groups excluding carboxylic acids is 2. The summed E-state index contributed by atoms with van der Waals surface area (Å²) in [5, 5.41) is 28.6. The number of benzene rings is 1. The number of ketones is 1. The van der Waals surface area contributed by atoms with Crippen LogP contribution < -0.4 is 16.0 Å². The lowest BCUT2D eigenvalue weighted by molar-refractivity contribution is -0.128. The monoisotopic (exact) mass is 459 g/mol. The molecule has 1 amide bonds. The molecule has 0 heterocycles. The van der Waals surface area contributed by atoms with Gasteiger partial charge in [0.05, 0.1) is 23.2 Å². The first-order valence-corrected chi connectivity index (χ1v) is 12.1. The van der Waals surface area contributed by atoms with Crippen LogP contribution in [0.15, 0.2) is 23.7 Å². The predicted octanol–water partition coefficient (Wildman–Crippen LogP) is 4.96. The summed E-state index contributed by atoms with van der Waals surface area (Å²) in [7, 11) is 0. The van der Waals surface area contributed by atoms with Gasteiger partial charge in [0.15, 0.2) is 5.78 Å². The van der Waals surface area contributed by atoms with E-state index in [1.165, 1.54) is 19.4 Å². The molecule has 0 aliphatic heterocycles. The number of hydrogen-bond acceptors (Lipinski definition) is 6. The number of aliphatic hydroxyl groups excluding tert-OH is 2. The molecule has 2 saturated carbocycles. The van der Waals surface area contributed by atoms with Gasteiger partial charge in [-0.1, -0.05) is 32.1 Å². The van der Waals surface area contributed by atoms with E-state index in [9.17, 15) is 19.8 Å². The van der Waals surface area contributed by atoms with Gasteiger partial charge in [-0.15, -0.1) is 0 Å². The number of halogens is 1. The van der Waals surface area contributed by atoms with Crippen LogP contribution in [-0.2, 0) is 4.79 Å². The van der Waals surface area contributed by atoms with Crippen molar-refractivity contribution in [2.45, 2.75) is 83.2 Å². The Morgan fingerprint density at radius 3 is 2.12 bits per heavy atom. The Balaban J connectivity index is 1.50. The topological polar surface area (TPSA) is 111 Å². The molecule has 5 N–H and O–H groups in total. The van der Waals surface area contributed by atoms with Gasteiger partial charge in [0.2, 0.25) is 0 Å². The molecule has 0 aromatic heterocycles. The lowest BCUT2D eigenvalue weighted by Gasteiger charge is -2.35. The van der Waals surface area contributed by atoms with Crippen molar-refractivity contribution in [1.82, 2.24) is 5.32 Å². The van der Waals surface area contributed by atoms with E-state index in [2.05, 4.69) is 16.0 Å². The number of amides is 1. The van der Waals surface area contributed by atoms with Crippen LogP contribution in [-0.4, -0.2) is 40.5 Å². The van der Waals surface area contributed by atoms with Crippen molar-refractivity contribution < 1.29 is 24.2 Å². The van der Waals surface area contributed by atoms with Crippen LogP contribution in [0, 0.1) is 11.2 Å². The van der Waals surface area contributed by atoms with Crippen molar-refractivity contribution in [3.63, 3.8) is 0 Å². The van der Waals surface area contributed by atoms with Gasteiger partial charge >= 0.3 is 0 Å². The summed E-state index contributed by atoms with van der Waals surface area (Å²) >= 11 is 0. The third-order valence-electron chi connectivity index (χ3n) is 7.37. The summed E-state index contributed by atoms with van der Waals surface area (Å²) in [6.07, 6.45) is 9.73. The average molecular weight is 460 g/mol. The number of Topliss-reactive ketones (excluding diaryl/α,β-unsaturated/α-hetero) is 1. The Hall–Kier alpha value is -2.77. The highest BCUT2D eigenvalue weighted by Crippen LogP contribution is 2.43. The van der Waals surface area contributed by atoms with E-state index in [-0.39, 0.29) is 42.1 Å². The second-order valence-electron chi connectivity index (χ2n) is 9.89. The SMILES string of the molecule is CC1(C(=O)CNC(=O)c2cc(F)c(NC3CCCCC3)cc2NC2CCCC2)CC(O)=C1O. The van der Waals surface area contributed by atoms with Gasteiger partial charge in [-0.05, 0) is 44.7 Å². The number of hydrogen-bond donors (Lipinski definition) is 5. The minimum Gasteiger partial charge on any atom is -0.509 e. The maximum absolute atomic E-state index is 15.0. The smallest absolute Gasteiger partial charge is 0.253 e. The first-order chi connectivity index (χ1) is 15.8. The number of allylic oxidation sites excluding steroid dienone is 2. The van der Waals surface area contributed by atoms with E-state index in [0.29, 0.717) is 11.4 Å². The van der Waals surface area contributed by atoms with Gasteiger partial charge in [0.25, 0.3) is 5.91 Å². The zero-order valence-electron chi connectivity index (χ0n) is 19.2. The highest BCUT2D eigenvalue weighted by molar-refractivity contribution is 6.03. The van der Waals surface area contributed by atoms with E-state index in [1.807, 2.05) is 0 Å². The molecular weight excluding hydrogens is 425 g/mol. The molecule has 2 fully saturated rings. The fourth-order valence-corrected chi connectivity index (χ4v) is 5.14. The molecule has 1 aromatic carbocycles. The molecule has 7 nitrogen and oxygen atoms in total. The van der Waals surface area contributed by atoms with Crippen molar-refractivity contribution in [1.29, 1.82) is 0 Å². The minimum atomic E-state index is -1.19. The average Bonchev–Trinajstić information content (AvgIpc) is 3.32. The Morgan fingerprint density at radius 1 is 0.970 bits per heavy atom. The Labute approximate surface area is 193 Å². The van der Waals surface area contributed by atoms with Gasteiger partial charge in [-0.2, -0.15) is 0 Å². The van der Waals surface area contributed by atoms with Crippen LogP contribution in [0.4, 0.5) is 15.8 Å². The zero-order chi connectivity index (χ0) is 23.6. The third-order valence-corrected chi connectivity index (χ3v) is 7.37. The van der Waals surface area contributed by atoms with Crippen LogP contribution >= 0.6 is 0 Å². The summed E-state index contributed by atoms with van der Waals surface area (Å²) in [4.78, 5) is 25.5. The van der Waals surface area contributed by atoms with Crippen molar-refractivity contribution in [3.05, 3.63) is 35.0 Å². The Bertz CT molecular complexity index is 951. The van der Waals surface area contributed by atoms with Crippen molar-refractivity contribution in [3.8, 4) is 0 Å². The van der Waals surface area contributed by atoms with Gasteiger partial charge < -0.3 is 26.2 Å². The van der Waals surface area contributed by atoms with Gasteiger partial charge in [0, 0.05) is 24.2 Å². The zero-order valence-corrected chi connectivity index (χ0v) is 19.2.